The van der Waals surface area contributed by atoms with Gasteiger partial charge in [0.2, 0.25) is 0 Å². The Morgan fingerprint density at radius 3 is 2.82 bits per heavy atom. The van der Waals surface area contributed by atoms with E-state index < -0.39 is 0 Å². The van der Waals surface area contributed by atoms with Crippen LogP contribution in [0.1, 0.15) is 19.3 Å². The number of hydrogen-bond acceptors (Lipinski definition) is 1. The van der Waals surface area contributed by atoms with E-state index in [4.69, 9.17) is 4.74 Å². The number of rotatable bonds is 3. The Bertz CT molecular complexity index is 182. The van der Waals surface area contributed by atoms with E-state index in [1.807, 2.05) is 6.08 Å². The van der Waals surface area contributed by atoms with Crippen LogP contribution in [0, 0.1) is 0 Å². The first kappa shape index (κ1) is 8.47. The van der Waals surface area contributed by atoms with Gasteiger partial charge in [-0.25, -0.2) is 4.39 Å². The van der Waals surface area contributed by atoms with Crippen LogP contribution in [-0.4, -0.2) is 13.7 Å². The van der Waals surface area contributed by atoms with Crippen LogP contribution in [-0.2, 0) is 4.74 Å². The van der Waals surface area contributed by atoms with Crippen LogP contribution in [0.3, 0.4) is 0 Å². The summed E-state index contributed by atoms with van der Waals surface area (Å²) in [5.41, 5.74) is 1.29. The van der Waals surface area contributed by atoms with E-state index in [0.29, 0.717) is 6.42 Å². The van der Waals surface area contributed by atoms with E-state index in [0.717, 1.165) is 19.4 Å². The first-order chi connectivity index (χ1) is 5.33. The molecule has 0 heterocycles. The molecule has 0 bridgehead atoms. The second kappa shape index (κ2) is 4.29. The maximum absolute atomic E-state index is 12.5. The molecule has 2 heteroatoms. The van der Waals surface area contributed by atoms with Crippen LogP contribution in [0.4, 0.5) is 4.39 Å². The molecule has 1 rings (SSSR count). The van der Waals surface area contributed by atoms with E-state index in [1.165, 1.54) is 5.57 Å². The Morgan fingerprint density at radius 1 is 1.45 bits per heavy atom. The van der Waals surface area contributed by atoms with Crippen molar-refractivity contribution in [3.8, 4) is 0 Å². The van der Waals surface area contributed by atoms with Crippen molar-refractivity contribution in [2.24, 2.45) is 0 Å². The number of halogens is 1. The first-order valence-corrected chi connectivity index (χ1v) is 3.86. The minimum Gasteiger partial charge on any atom is -0.384 e. The summed E-state index contributed by atoms with van der Waals surface area (Å²) in [5.74, 6) is -0.00818. The molecule has 0 unspecified atom stereocenters. The maximum Gasteiger partial charge on any atom is 0.100 e. The molecule has 0 radical (unpaired) electrons. The third-order valence-electron chi connectivity index (χ3n) is 1.81. The third-order valence-corrected chi connectivity index (χ3v) is 1.81. The molecule has 1 aliphatic carbocycles. The van der Waals surface area contributed by atoms with Gasteiger partial charge in [0.1, 0.15) is 5.83 Å². The van der Waals surface area contributed by atoms with Gasteiger partial charge >= 0.3 is 0 Å². The van der Waals surface area contributed by atoms with Gasteiger partial charge in [0.05, 0.1) is 0 Å². The van der Waals surface area contributed by atoms with Gasteiger partial charge in [0.25, 0.3) is 0 Å². The highest BCUT2D eigenvalue weighted by Gasteiger charge is 2.04. The molecular weight excluding hydrogens is 143 g/mol. The zero-order valence-electron chi connectivity index (χ0n) is 6.77. The second-order valence-electron chi connectivity index (χ2n) is 2.68. The van der Waals surface area contributed by atoms with Crippen LogP contribution < -0.4 is 0 Å². The molecule has 0 N–H and O–H groups in total. The zero-order valence-corrected chi connectivity index (χ0v) is 6.77. The summed E-state index contributed by atoms with van der Waals surface area (Å²) in [7, 11) is 1.68. The Labute approximate surface area is 66.6 Å². The molecule has 0 aliphatic heterocycles. The van der Waals surface area contributed by atoms with Crippen molar-refractivity contribution in [3.63, 3.8) is 0 Å². The van der Waals surface area contributed by atoms with Gasteiger partial charge in [-0.05, 0) is 18.9 Å². The lowest BCUT2D eigenvalue weighted by molar-refractivity contribution is 0.201. The summed E-state index contributed by atoms with van der Waals surface area (Å²) < 4.78 is 17.4. The average Bonchev–Trinajstić information content (AvgIpc) is 2.04. The highest BCUT2D eigenvalue weighted by atomic mass is 19.1. The molecule has 0 atom stereocenters. The van der Waals surface area contributed by atoms with Gasteiger partial charge in [-0.2, -0.15) is 0 Å². The lowest BCUT2D eigenvalue weighted by Gasteiger charge is -2.08. The monoisotopic (exact) mass is 156 g/mol. The lowest BCUT2D eigenvalue weighted by atomic mass is 10.0. The fourth-order valence-corrected chi connectivity index (χ4v) is 1.10. The fraction of sp³-hybridized carbons (Fsp3) is 0.556. The molecule has 0 saturated heterocycles. The molecule has 1 nitrogen and oxygen atoms in total. The molecule has 0 fully saturated rings. The predicted octanol–water partition coefficient (Wildman–Crippen LogP) is 2.60. The van der Waals surface area contributed by atoms with Gasteiger partial charge in [-0.15, -0.1) is 0 Å². The van der Waals surface area contributed by atoms with E-state index in [-0.39, 0.29) is 5.83 Å². The standard InChI is InChI=1S/C9H13FO/c1-11-7-6-8-2-4-9(10)5-3-8/h2,4H,3,5-7H2,1H3. The Kier molecular flexibility index (Phi) is 3.30. The van der Waals surface area contributed by atoms with Crippen molar-refractivity contribution in [3.05, 3.63) is 23.6 Å². The quantitative estimate of drug-likeness (QED) is 0.610. The van der Waals surface area contributed by atoms with Gasteiger partial charge < -0.3 is 4.74 Å². The average molecular weight is 156 g/mol. The molecule has 0 saturated carbocycles. The van der Waals surface area contributed by atoms with Crippen molar-refractivity contribution >= 4 is 0 Å². The SMILES string of the molecule is COCCC1=CC=C(F)CC1. The maximum atomic E-state index is 12.5. The summed E-state index contributed by atoms with van der Waals surface area (Å²) in [4.78, 5) is 0. The van der Waals surface area contributed by atoms with Gasteiger partial charge in [-0.3, -0.25) is 0 Å². The highest BCUT2D eigenvalue weighted by molar-refractivity contribution is 5.20. The number of hydrogen-bond donors (Lipinski definition) is 0. The number of allylic oxidation sites excluding steroid dienone is 3. The van der Waals surface area contributed by atoms with Crippen molar-refractivity contribution < 1.29 is 9.13 Å². The van der Waals surface area contributed by atoms with Gasteiger partial charge in [0, 0.05) is 20.1 Å². The summed E-state index contributed by atoms with van der Waals surface area (Å²) in [5, 5.41) is 0. The zero-order chi connectivity index (χ0) is 8.10. The van der Waals surface area contributed by atoms with Crippen molar-refractivity contribution in [2.45, 2.75) is 19.3 Å². The van der Waals surface area contributed by atoms with Crippen molar-refractivity contribution in [2.75, 3.05) is 13.7 Å². The second-order valence-corrected chi connectivity index (χ2v) is 2.68. The van der Waals surface area contributed by atoms with Crippen LogP contribution in [0.5, 0.6) is 0 Å². The Morgan fingerprint density at radius 2 is 2.27 bits per heavy atom. The van der Waals surface area contributed by atoms with Crippen LogP contribution in [0.2, 0.25) is 0 Å². The molecular formula is C9H13FO. The molecule has 11 heavy (non-hydrogen) atoms. The lowest BCUT2D eigenvalue weighted by Crippen LogP contribution is -1.95. The van der Waals surface area contributed by atoms with E-state index in [2.05, 4.69) is 0 Å². The number of ether oxygens (including phenoxy) is 1. The minimum absolute atomic E-state index is 0.00818. The Balaban J connectivity index is 2.35. The van der Waals surface area contributed by atoms with Crippen LogP contribution >= 0.6 is 0 Å². The van der Waals surface area contributed by atoms with Gasteiger partial charge in [-0.1, -0.05) is 11.6 Å². The normalized spacial score (nSPS) is 17.6. The largest absolute Gasteiger partial charge is 0.384 e. The molecule has 62 valence electrons. The molecule has 0 spiro atoms. The molecule has 0 aromatic carbocycles. The topological polar surface area (TPSA) is 9.23 Å². The summed E-state index contributed by atoms with van der Waals surface area (Å²) >= 11 is 0. The van der Waals surface area contributed by atoms with E-state index in [9.17, 15) is 4.39 Å². The third kappa shape index (κ3) is 2.85. The predicted molar refractivity (Wildman–Crippen MR) is 43.0 cm³/mol. The number of methoxy groups -OCH3 is 1. The molecule has 0 aromatic heterocycles. The molecule has 0 amide bonds. The molecule has 1 aliphatic rings. The minimum atomic E-state index is -0.00818. The van der Waals surface area contributed by atoms with Crippen LogP contribution in [0.25, 0.3) is 0 Å². The first-order valence-electron chi connectivity index (χ1n) is 3.86. The summed E-state index contributed by atoms with van der Waals surface area (Å²) in [6, 6.07) is 0. The molecule has 0 aromatic rings. The van der Waals surface area contributed by atoms with Crippen molar-refractivity contribution in [1.82, 2.24) is 0 Å². The highest BCUT2D eigenvalue weighted by Crippen LogP contribution is 2.20. The van der Waals surface area contributed by atoms with Crippen LogP contribution in [0.15, 0.2) is 23.6 Å². The van der Waals surface area contributed by atoms with E-state index >= 15 is 0 Å². The Hall–Kier alpha value is -0.630. The van der Waals surface area contributed by atoms with Gasteiger partial charge in [0.15, 0.2) is 0 Å². The summed E-state index contributed by atoms with van der Waals surface area (Å²) in [6.07, 6.45) is 5.76. The smallest absolute Gasteiger partial charge is 0.100 e. The van der Waals surface area contributed by atoms with E-state index in [1.54, 1.807) is 13.2 Å². The van der Waals surface area contributed by atoms with Crippen molar-refractivity contribution in [1.29, 1.82) is 0 Å². The fourth-order valence-electron chi connectivity index (χ4n) is 1.10. The summed E-state index contributed by atoms with van der Waals surface area (Å²) in [6.45, 7) is 0.737.